The van der Waals surface area contributed by atoms with Gasteiger partial charge in [0.15, 0.2) is 12.6 Å². The third kappa shape index (κ3) is 51.9. The van der Waals surface area contributed by atoms with E-state index in [1.54, 1.807) is 0 Å². The molecule has 7 heteroatoms. The number of carboxylic acids is 2. The zero-order valence-corrected chi connectivity index (χ0v) is 6.16. The SMILES string of the molecule is O=CC(=O)[O-].O=CC(=O)[O-].[Mn+2]. The van der Waals surface area contributed by atoms with Crippen molar-refractivity contribution in [3.05, 3.63) is 0 Å². The monoisotopic (exact) mass is 201 g/mol. The molecule has 0 heterocycles. The molecule has 61 valence electrons. The van der Waals surface area contributed by atoms with E-state index in [4.69, 9.17) is 29.4 Å². The normalized spacial score (nSPS) is 5.82. The molecular weight excluding hydrogens is 199 g/mol. The van der Waals surface area contributed by atoms with E-state index in [1.165, 1.54) is 0 Å². The van der Waals surface area contributed by atoms with Crippen molar-refractivity contribution in [2.45, 2.75) is 0 Å². The fraction of sp³-hybridized carbons (Fsp3) is 0. The summed E-state index contributed by atoms with van der Waals surface area (Å²) in [6.07, 6.45) is -0.556. The summed E-state index contributed by atoms with van der Waals surface area (Å²) in [5.41, 5.74) is 0. The van der Waals surface area contributed by atoms with E-state index in [1.807, 2.05) is 0 Å². The van der Waals surface area contributed by atoms with Gasteiger partial charge in [-0.05, 0) is 0 Å². The molecule has 0 spiro atoms. The van der Waals surface area contributed by atoms with E-state index in [9.17, 15) is 0 Å². The van der Waals surface area contributed by atoms with Crippen LogP contribution < -0.4 is 10.2 Å². The maximum Gasteiger partial charge on any atom is 2.00 e. The molecule has 1 radical (unpaired) electrons. The molecular formula is C4H2MnO6. The molecule has 0 fully saturated rings. The third-order valence-electron chi connectivity index (χ3n) is 0.192. The van der Waals surface area contributed by atoms with Gasteiger partial charge in [0.25, 0.3) is 0 Å². The van der Waals surface area contributed by atoms with Crippen molar-refractivity contribution in [2.24, 2.45) is 0 Å². The Morgan fingerprint density at radius 3 is 1.00 bits per heavy atom. The Bertz CT molecular complexity index is 135. The van der Waals surface area contributed by atoms with Gasteiger partial charge in [-0.2, -0.15) is 0 Å². The molecule has 11 heavy (non-hydrogen) atoms. The number of aldehydes is 2. The molecule has 0 aliphatic heterocycles. The molecule has 0 atom stereocenters. The van der Waals surface area contributed by atoms with Gasteiger partial charge in [-0.3, -0.25) is 9.59 Å². The third-order valence-corrected chi connectivity index (χ3v) is 0.192. The van der Waals surface area contributed by atoms with Gasteiger partial charge in [0, 0.05) is 0 Å². The summed E-state index contributed by atoms with van der Waals surface area (Å²) in [6, 6.07) is 0. The van der Waals surface area contributed by atoms with Crippen LogP contribution in [0.25, 0.3) is 0 Å². The molecule has 0 saturated heterocycles. The summed E-state index contributed by atoms with van der Waals surface area (Å²) in [5.74, 6) is -3.35. The predicted molar refractivity (Wildman–Crippen MR) is 22.1 cm³/mol. The van der Waals surface area contributed by atoms with Crippen LogP contribution in [0.15, 0.2) is 0 Å². The molecule has 0 aromatic heterocycles. The first-order valence-electron chi connectivity index (χ1n) is 1.87. The number of hydrogen-bond donors (Lipinski definition) is 0. The van der Waals surface area contributed by atoms with Crippen LogP contribution in [-0.2, 0) is 36.2 Å². The quantitative estimate of drug-likeness (QED) is 0.254. The minimum absolute atomic E-state index is 0. The fourth-order valence-electron chi connectivity index (χ4n) is 0. The van der Waals surface area contributed by atoms with Crippen molar-refractivity contribution in [3.63, 3.8) is 0 Å². The minimum atomic E-state index is -1.68. The smallest absolute Gasteiger partial charge is 0.542 e. The van der Waals surface area contributed by atoms with Gasteiger partial charge in [-0.1, -0.05) is 0 Å². The number of rotatable bonds is 2. The van der Waals surface area contributed by atoms with Gasteiger partial charge in [-0.15, -0.1) is 0 Å². The molecule has 0 aromatic carbocycles. The molecule has 0 bridgehead atoms. The first-order valence-corrected chi connectivity index (χ1v) is 1.87. The van der Waals surface area contributed by atoms with Crippen molar-refractivity contribution in [3.8, 4) is 0 Å². The number of carbonyl (C=O) groups excluding carboxylic acids is 4. The summed E-state index contributed by atoms with van der Waals surface area (Å²) in [4.78, 5) is 35.5. The minimum Gasteiger partial charge on any atom is -0.542 e. The van der Waals surface area contributed by atoms with Crippen molar-refractivity contribution >= 4 is 24.5 Å². The maximum atomic E-state index is 8.89. The Morgan fingerprint density at radius 1 is 0.909 bits per heavy atom. The summed E-state index contributed by atoms with van der Waals surface area (Å²) in [6.45, 7) is 0. The summed E-state index contributed by atoms with van der Waals surface area (Å²) in [7, 11) is 0. The number of carboxylic acid groups (broad SMARTS) is 2. The Labute approximate surface area is 71.7 Å². The van der Waals surface area contributed by atoms with Crippen LogP contribution in [0.3, 0.4) is 0 Å². The molecule has 0 aliphatic rings. The van der Waals surface area contributed by atoms with Crippen molar-refractivity contribution < 1.29 is 46.5 Å². The average Bonchev–Trinajstić information content (AvgIpc) is 1.89. The van der Waals surface area contributed by atoms with E-state index in [-0.39, 0.29) is 29.6 Å². The predicted octanol–water partition coefficient (Wildman–Crippen LogP) is -4.13. The number of carbonyl (C=O) groups is 4. The Kier molecular flexibility index (Phi) is 17.3. The second kappa shape index (κ2) is 11.6. The molecule has 0 amide bonds. The first kappa shape index (κ1) is 16.4. The molecule has 0 saturated carbocycles. The van der Waals surface area contributed by atoms with Gasteiger partial charge in [0.1, 0.15) is 11.9 Å². The molecule has 0 aromatic rings. The van der Waals surface area contributed by atoms with E-state index < -0.39 is 11.9 Å². The Morgan fingerprint density at radius 2 is 1.00 bits per heavy atom. The van der Waals surface area contributed by atoms with Crippen LogP contribution in [0.4, 0.5) is 0 Å². The summed E-state index contributed by atoms with van der Waals surface area (Å²) >= 11 is 0. The maximum absolute atomic E-state index is 8.89. The zero-order valence-electron chi connectivity index (χ0n) is 4.98. The van der Waals surface area contributed by atoms with Crippen LogP contribution in [0.2, 0.25) is 0 Å². The topological polar surface area (TPSA) is 114 Å². The van der Waals surface area contributed by atoms with Crippen LogP contribution in [0, 0.1) is 0 Å². The van der Waals surface area contributed by atoms with Crippen molar-refractivity contribution in [2.75, 3.05) is 0 Å². The van der Waals surface area contributed by atoms with E-state index in [0.717, 1.165) is 0 Å². The fourth-order valence-corrected chi connectivity index (χ4v) is 0. The molecule has 0 unspecified atom stereocenters. The summed E-state index contributed by atoms with van der Waals surface area (Å²) in [5, 5.41) is 17.8. The second-order valence-electron chi connectivity index (χ2n) is 0.874. The number of hydrogen-bond acceptors (Lipinski definition) is 6. The van der Waals surface area contributed by atoms with Crippen LogP contribution in [0.1, 0.15) is 0 Å². The van der Waals surface area contributed by atoms with Crippen molar-refractivity contribution in [1.82, 2.24) is 0 Å². The molecule has 0 N–H and O–H groups in total. The van der Waals surface area contributed by atoms with Gasteiger partial charge >= 0.3 is 17.1 Å². The van der Waals surface area contributed by atoms with E-state index >= 15 is 0 Å². The van der Waals surface area contributed by atoms with Gasteiger partial charge in [0.05, 0.1) is 0 Å². The second-order valence-corrected chi connectivity index (χ2v) is 0.874. The standard InChI is InChI=1S/2C2H2O3.Mn/c2*3-1-2(4)5;/h2*1H,(H,4,5);/q;;+2/p-2. The van der Waals surface area contributed by atoms with Crippen LogP contribution in [0.5, 0.6) is 0 Å². The first-order chi connectivity index (χ1) is 4.54. The largest absolute Gasteiger partial charge is 2.00 e. The van der Waals surface area contributed by atoms with Gasteiger partial charge < -0.3 is 19.8 Å². The van der Waals surface area contributed by atoms with Gasteiger partial charge in [0.2, 0.25) is 0 Å². The van der Waals surface area contributed by atoms with Crippen LogP contribution in [-0.4, -0.2) is 24.5 Å². The van der Waals surface area contributed by atoms with Crippen LogP contribution >= 0.6 is 0 Å². The van der Waals surface area contributed by atoms with E-state index in [0.29, 0.717) is 0 Å². The molecule has 0 rings (SSSR count). The molecule has 6 nitrogen and oxygen atoms in total. The van der Waals surface area contributed by atoms with Crippen molar-refractivity contribution in [1.29, 1.82) is 0 Å². The molecule has 0 aliphatic carbocycles. The van der Waals surface area contributed by atoms with E-state index in [2.05, 4.69) is 0 Å². The Balaban J connectivity index is -0.000000107. The summed E-state index contributed by atoms with van der Waals surface area (Å²) < 4.78 is 0. The average molecular weight is 201 g/mol. The zero-order chi connectivity index (χ0) is 8.57. The van der Waals surface area contributed by atoms with Gasteiger partial charge in [-0.25, -0.2) is 0 Å². The number of aliphatic carboxylic acids is 2. The Hall–Kier alpha value is -1.20.